The summed E-state index contributed by atoms with van der Waals surface area (Å²) in [7, 11) is -4.63. The monoisotopic (exact) mass is 759 g/mol. The van der Waals surface area contributed by atoms with Crippen LogP contribution in [0, 0.1) is 6.92 Å². The van der Waals surface area contributed by atoms with Crippen molar-refractivity contribution in [3.05, 3.63) is 129 Å². The van der Waals surface area contributed by atoms with Crippen LogP contribution in [0.2, 0.25) is 10.0 Å². The summed E-state index contributed by atoms with van der Waals surface area (Å²) in [4.78, 5) is 30.0. The highest BCUT2D eigenvalue weighted by atomic mass is 35.5. The summed E-state index contributed by atoms with van der Waals surface area (Å²) in [6.45, 7) is 0.699. The first kappa shape index (κ1) is 38.2. The Hall–Kier alpha value is -4.06. The molecule has 1 aliphatic carbocycles. The molecule has 0 aromatic heterocycles. The summed E-state index contributed by atoms with van der Waals surface area (Å²) in [6.07, 6.45) is -0.286. The van der Waals surface area contributed by atoms with E-state index in [1.165, 1.54) is 17.0 Å². The van der Waals surface area contributed by atoms with Crippen molar-refractivity contribution in [3.8, 4) is 0 Å². The molecule has 0 unspecified atom stereocenters. The summed E-state index contributed by atoms with van der Waals surface area (Å²) in [5.41, 5.74) is 0.389. The van der Waals surface area contributed by atoms with Gasteiger partial charge in [-0.1, -0.05) is 103 Å². The number of nitrogens with one attached hydrogen (secondary N) is 1. The molecule has 1 N–H and O–H groups in total. The van der Waals surface area contributed by atoms with Crippen molar-refractivity contribution in [2.75, 3.05) is 10.8 Å². The molecular weight excluding hydrogens is 722 g/mol. The Bertz CT molecular complexity index is 1940. The third-order valence-corrected chi connectivity index (χ3v) is 11.2. The van der Waals surface area contributed by atoms with E-state index in [1.54, 1.807) is 43.3 Å². The Morgan fingerprint density at radius 3 is 2.18 bits per heavy atom. The first-order valence-electron chi connectivity index (χ1n) is 16.6. The predicted molar refractivity (Wildman–Crippen MR) is 193 cm³/mol. The molecule has 1 aliphatic rings. The second-order valence-electron chi connectivity index (χ2n) is 12.7. The minimum atomic E-state index is -4.91. The molecule has 270 valence electrons. The molecule has 0 radical (unpaired) electrons. The minimum absolute atomic E-state index is 0.0928. The van der Waals surface area contributed by atoms with Crippen LogP contribution in [0.15, 0.2) is 102 Å². The molecule has 5 rings (SSSR count). The number of hydrogen-bond acceptors (Lipinski definition) is 4. The second kappa shape index (κ2) is 16.5. The highest BCUT2D eigenvalue weighted by molar-refractivity contribution is 7.92. The van der Waals surface area contributed by atoms with Gasteiger partial charge in [0, 0.05) is 24.0 Å². The van der Waals surface area contributed by atoms with Gasteiger partial charge in [-0.05, 0) is 73.4 Å². The number of hydrogen-bond donors (Lipinski definition) is 1. The lowest BCUT2D eigenvalue weighted by atomic mass is 9.94. The Morgan fingerprint density at radius 1 is 0.863 bits per heavy atom. The fourth-order valence-electron chi connectivity index (χ4n) is 6.18. The number of rotatable bonds is 12. The number of benzene rings is 4. The molecule has 1 atom stereocenters. The fourth-order valence-corrected chi connectivity index (χ4v) is 8.03. The van der Waals surface area contributed by atoms with Gasteiger partial charge >= 0.3 is 6.18 Å². The zero-order valence-electron chi connectivity index (χ0n) is 27.9. The molecule has 0 saturated heterocycles. The van der Waals surface area contributed by atoms with Crippen molar-refractivity contribution in [1.29, 1.82) is 0 Å². The number of sulfonamides is 1. The van der Waals surface area contributed by atoms with Crippen LogP contribution in [0.1, 0.15) is 54.4 Å². The number of anilines is 1. The van der Waals surface area contributed by atoms with Crippen molar-refractivity contribution in [2.24, 2.45) is 0 Å². The molecule has 4 aromatic rings. The largest absolute Gasteiger partial charge is 0.417 e. The maximum Gasteiger partial charge on any atom is 0.417 e. The maximum atomic E-state index is 14.7. The number of amides is 2. The van der Waals surface area contributed by atoms with E-state index in [4.69, 9.17) is 23.2 Å². The normalized spacial score (nSPS) is 14.5. The predicted octanol–water partition coefficient (Wildman–Crippen LogP) is 8.60. The van der Waals surface area contributed by atoms with E-state index in [9.17, 15) is 31.2 Å². The van der Waals surface area contributed by atoms with Gasteiger partial charge in [0.1, 0.15) is 12.6 Å². The molecule has 1 fully saturated rings. The second-order valence-corrected chi connectivity index (χ2v) is 15.4. The van der Waals surface area contributed by atoms with Crippen LogP contribution in [0.3, 0.4) is 0 Å². The third kappa shape index (κ3) is 9.84. The van der Waals surface area contributed by atoms with Crippen LogP contribution in [0.4, 0.5) is 18.9 Å². The Kier molecular flexibility index (Phi) is 12.4. The van der Waals surface area contributed by atoms with Crippen LogP contribution in [0.25, 0.3) is 0 Å². The van der Waals surface area contributed by atoms with E-state index < -0.39 is 56.9 Å². The van der Waals surface area contributed by atoms with Crippen molar-refractivity contribution < 1.29 is 31.2 Å². The number of carbonyl (C=O) groups is 2. The van der Waals surface area contributed by atoms with E-state index in [2.05, 4.69) is 5.32 Å². The molecule has 0 bridgehead atoms. The number of alkyl halides is 3. The van der Waals surface area contributed by atoms with Gasteiger partial charge in [-0.3, -0.25) is 13.9 Å². The Morgan fingerprint density at radius 2 is 1.53 bits per heavy atom. The molecule has 7 nitrogen and oxygen atoms in total. The summed E-state index contributed by atoms with van der Waals surface area (Å²) in [6, 6.07) is 23.0. The topological polar surface area (TPSA) is 86.8 Å². The summed E-state index contributed by atoms with van der Waals surface area (Å²) in [5, 5.41) is 2.87. The summed E-state index contributed by atoms with van der Waals surface area (Å²) in [5.74, 6) is -1.23. The SMILES string of the molecule is Cc1ccc(S(=O)(=O)N(CC(=O)N(Cc2cccc(Cl)c2)[C@@H](Cc2ccccc2)C(=O)NC2CCCCC2)c2ccc(Cl)c(C(F)(F)F)c2)cc1. The number of carbonyl (C=O) groups excluding carboxylic acids is 2. The van der Waals surface area contributed by atoms with Gasteiger partial charge in [0.2, 0.25) is 11.8 Å². The molecule has 2 amide bonds. The van der Waals surface area contributed by atoms with E-state index in [1.807, 2.05) is 30.3 Å². The van der Waals surface area contributed by atoms with E-state index in [-0.39, 0.29) is 23.9 Å². The number of halogens is 5. The number of nitrogens with zero attached hydrogens (tertiary/aromatic N) is 2. The van der Waals surface area contributed by atoms with Gasteiger partial charge < -0.3 is 10.2 Å². The third-order valence-electron chi connectivity index (χ3n) is 8.90. The molecular formula is C38H38Cl2F3N3O4S. The zero-order chi connectivity index (χ0) is 36.8. The van der Waals surface area contributed by atoms with E-state index >= 15 is 0 Å². The van der Waals surface area contributed by atoms with Crippen LogP contribution >= 0.6 is 23.2 Å². The van der Waals surface area contributed by atoms with E-state index in [0.29, 0.717) is 21.0 Å². The molecule has 0 spiro atoms. The smallest absolute Gasteiger partial charge is 0.352 e. The van der Waals surface area contributed by atoms with Gasteiger partial charge in [-0.2, -0.15) is 13.2 Å². The summed E-state index contributed by atoms with van der Waals surface area (Å²) < 4.78 is 71.2. The molecule has 0 aliphatic heterocycles. The van der Waals surface area contributed by atoms with Crippen LogP contribution < -0.4 is 9.62 Å². The Labute approximate surface area is 306 Å². The first-order chi connectivity index (χ1) is 24.2. The quantitative estimate of drug-likeness (QED) is 0.157. The van der Waals surface area contributed by atoms with Gasteiger partial charge in [0.25, 0.3) is 10.0 Å². The van der Waals surface area contributed by atoms with Crippen molar-refractivity contribution in [3.63, 3.8) is 0 Å². The van der Waals surface area contributed by atoms with Crippen molar-refractivity contribution in [1.82, 2.24) is 10.2 Å². The molecule has 4 aromatic carbocycles. The maximum absolute atomic E-state index is 14.7. The van der Waals surface area contributed by atoms with Gasteiger partial charge in [-0.25, -0.2) is 8.42 Å². The summed E-state index contributed by atoms with van der Waals surface area (Å²) >= 11 is 12.2. The van der Waals surface area contributed by atoms with Gasteiger partial charge in [-0.15, -0.1) is 0 Å². The lowest BCUT2D eigenvalue weighted by Crippen LogP contribution is -2.55. The first-order valence-corrected chi connectivity index (χ1v) is 18.8. The lowest BCUT2D eigenvalue weighted by molar-refractivity contribution is -0.140. The molecule has 51 heavy (non-hydrogen) atoms. The van der Waals surface area contributed by atoms with Crippen LogP contribution in [-0.4, -0.2) is 43.8 Å². The van der Waals surface area contributed by atoms with Crippen LogP contribution in [0.5, 0.6) is 0 Å². The van der Waals surface area contributed by atoms with Crippen LogP contribution in [-0.2, 0) is 38.8 Å². The van der Waals surface area contributed by atoms with Crippen molar-refractivity contribution >= 4 is 50.7 Å². The standard InChI is InChI=1S/C38H38Cl2F3N3O4S/c1-26-15-18-32(19-16-26)51(49,50)46(31-17-20-34(40)33(23-31)38(41,42)43)25-36(47)45(24-28-11-8-12-29(39)21-28)35(22-27-9-4-2-5-10-27)37(48)44-30-13-6-3-7-14-30/h2,4-5,8-12,15-21,23,30,35H,3,6-7,13-14,22,24-25H2,1H3,(H,44,48)/t35-/m0/s1. The minimum Gasteiger partial charge on any atom is -0.352 e. The van der Waals surface area contributed by atoms with Gasteiger partial charge in [0.05, 0.1) is 21.2 Å². The van der Waals surface area contributed by atoms with E-state index in [0.717, 1.165) is 55.4 Å². The van der Waals surface area contributed by atoms with Gasteiger partial charge in [0.15, 0.2) is 0 Å². The highest BCUT2D eigenvalue weighted by Gasteiger charge is 2.38. The average Bonchev–Trinajstić information content (AvgIpc) is 3.09. The molecule has 0 heterocycles. The lowest BCUT2D eigenvalue weighted by Gasteiger charge is -2.35. The highest BCUT2D eigenvalue weighted by Crippen LogP contribution is 2.38. The number of aryl methyl sites for hydroxylation is 1. The fraction of sp³-hybridized carbons (Fsp3) is 0.316. The van der Waals surface area contributed by atoms with Crippen molar-refractivity contribution in [2.45, 2.75) is 75.1 Å². The average molecular weight is 761 g/mol. The molecule has 13 heteroatoms. The molecule has 1 saturated carbocycles. The Balaban J connectivity index is 1.61. The zero-order valence-corrected chi connectivity index (χ0v) is 30.2.